The van der Waals surface area contributed by atoms with Gasteiger partial charge in [-0.05, 0) is 37.8 Å². The Balaban J connectivity index is 2.77. The van der Waals surface area contributed by atoms with Crippen molar-refractivity contribution in [1.29, 1.82) is 0 Å². The van der Waals surface area contributed by atoms with Crippen LogP contribution in [-0.2, 0) is 6.42 Å². The maximum atomic E-state index is 4.73. The van der Waals surface area contributed by atoms with Gasteiger partial charge in [-0.2, -0.15) is 5.10 Å². The SMILES string of the molecule is CCNC(Cc1ccn(C(C)CC)n1)C(C)(C)CC. The third-order valence-electron chi connectivity index (χ3n) is 4.42. The van der Waals surface area contributed by atoms with Crippen LogP contribution in [0, 0.1) is 5.41 Å². The molecule has 0 spiro atoms. The van der Waals surface area contributed by atoms with Gasteiger partial charge in [0, 0.05) is 24.7 Å². The zero-order valence-corrected chi connectivity index (χ0v) is 13.5. The van der Waals surface area contributed by atoms with Gasteiger partial charge in [-0.3, -0.25) is 4.68 Å². The summed E-state index contributed by atoms with van der Waals surface area (Å²) in [6.07, 6.45) is 5.43. The third-order valence-corrected chi connectivity index (χ3v) is 4.42. The van der Waals surface area contributed by atoms with Crippen LogP contribution in [-0.4, -0.2) is 22.4 Å². The molecule has 0 amide bonds. The fraction of sp³-hybridized carbons (Fsp3) is 0.812. The molecule has 1 N–H and O–H groups in total. The summed E-state index contributed by atoms with van der Waals surface area (Å²) < 4.78 is 2.09. The molecule has 2 atom stereocenters. The minimum absolute atomic E-state index is 0.302. The maximum Gasteiger partial charge on any atom is 0.0640 e. The van der Waals surface area contributed by atoms with Crippen molar-refractivity contribution in [2.45, 2.75) is 72.9 Å². The molecule has 0 aliphatic heterocycles. The number of hydrogen-bond donors (Lipinski definition) is 1. The lowest BCUT2D eigenvalue weighted by atomic mass is 9.79. The summed E-state index contributed by atoms with van der Waals surface area (Å²) in [5, 5.41) is 8.35. The van der Waals surface area contributed by atoms with E-state index in [1.54, 1.807) is 0 Å². The molecule has 3 heteroatoms. The van der Waals surface area contributed by atoms with E-state index in [1.165, 1.54) is 12.1 Å². The third kappa shape index (κ3) is 4.34. The Kier molecular flexibility index (Phi) is 6.05. The van der Waals surface area contributed by atoms with Crippen molar-refractivity contribution in [3.05, 3.63) is 18.0 Å². The Morgan fingerprint density at radius 2 is 2.00 bits per heavy atom. The Bertz CT molecular complexity index is 368. The first-order chi connectivity index (χ1) is 8.94. The van der Waals surface area contributed by atoms with Gasteiger partial charge in [0.25, 0.3) is 0 Å². The van der Waals surface area contributed by atoms with Crippen LogP contribution in [0.2, 0.25) is 0 Å². The molecule has 0 fully saturated rings. The average molecular weight is 265 g/mol. The zero-order valence-electron chi connectivity index (χ0n) is 13.5. The molecule has 1 heterocycles. The summed E-state index contributed by atoms with van der Waals surface area (Å²) in [6, 6.07) is 3.15. The Morgan fingerprint density at radius 3 is 2.53 bits per heavy atom. The van der Waals surface area contributed by atoms with Gasteiger partial charge in [0.2, 0.25) is 0 Å². The monoisotopic (exact) mass is 265 g/mol. The molecule has 2 unspecified atom stereocenters. The number of aromatic nitrogens is 2. The van der Waals surface area contributed by atoms with Crippen LogP contribution in [0.25, 0.3) is 0 Å². The molecule has 0 bridgehead atoms. The van der Waals surface area contributed by atoms with Crippen molar-refractivity contribution in [3.63, 3.8) is 0 Å². The van der Waals surface area contributed by atoms with Gasteiger partial charge in [-0.1, -0.05) is 34.6 Å². The summed E-state index contributed by atoms with van der Waals surface area (Å²) in [5.74, 6) is 0. The van der Waals surface area contributed by atoms with E-state index in [9.17, 15) is 0 Å². The number of rotatable bonds is 8. The van der Waals surface area contributed by atoms with Gasteiger partial charge in [0.05, 0.1) is 5.69 Å². The second-order valence-electron chi connectivity index (χ2n) is 6.20. The fourth-order valence-corrected chi connectivity index (χ4v) is 2.25. The summed E-state index contributed by atoms with van der Waals surface area (Å²) in [5.41, 5.74) is 1.50. The number of nitrogens with zero attached hydrogens (tertiary/aromatic N) is 2. The van der Waals surface area contributed by atoms with Crippen molar-refractivity contribution >= 4 is 0 Å². The Hall–Kier alpha value is -0.830. The smallest absolute Gasteiger partial charge is 0.0640 e. The summed E-state index contributed by atoms with van der Waals surface area (Å²) in [6.45, 7) is 14.6. The molecule has 0 saturated heterocycles. The lowest BCUT2D eigenvalue weighted by molar-refractivity contribution is 0.231. The fourth-order valence-electron chi connectivity index (χ4n) is 2.25. The quantitative estimate of drug-likeness (QED) is 0.774. The Labute approximate surface area is 118 Å². The molecular formula is C16H31N3. The zero-order chi connectivity index (χ0) is 14.5. The van der Waals surface area contributed by atoms with E-state index < -0.39 is 0 Å². The highest BCUT2D eigenvalue weighted by Crippen LogP contribution is 2.27. The second kappa shape index (κ2) is 7.09. The summed E-state index contributed by atoms with van der Waals surface area (Å²) in [7, 11) is 0. The predicted octanol–water partition coefficient (Wildman–Crippen LogP) is 3.81. The van der Waals surface area contributed by atoms with Gasteiger partial charge in [0.15, 0.2) is 0 Å². The largest absolute Gasteiger partial charge is 0.313 e. The normalized spacial score (nSPS) is 15.5. The second-order valence-corrected chi connectivity index (χ2v) is 6.20. The first-order valence-electron chi connectivity index (χ1n) is 7.72. The maximum absolute atomic E-state index is 4.73. The molecule has 0 aliphatic rings. The molecular weight excluding hydrogens is 234 g/mol. The van der Waals surface area contributed by atoms with Crippen LogP contribution in [0.3, 0.4) is 0 Å². The lowest BCUT2D eigenvalue weighted by Crippen LogP contribution is -2.43. The number of nitrogens with one attached hydrogen (secondary N) is 1. The molecule has 1 rings (SSSR count). The predicted molar refractivity (Wildman–Crippen MR) is 82.5 cm³/mol. The minimum Gasteiger partial charge on any atom is -0.313 e. The first-order valence-corrected chi connectivity index (χ1v) is 7.72. The van der Waals surface area contributed by atoms with Crippen molar-refractivity contribution in [1.82, 2.24) is 15.1 Å². The highest BCUT2D eigenvalue weighted by Gasteiger charge is 2.27. The molecule has 0 aromatic carbocycles. The van der Waals surface area contributed by atoms with E-state index in [-0.39, 0.29) is 0 Å². The van der Waals surface area contributed by atoms with E-state index in [4.69, 9.17) is 5.10 Å². The van der Waals surface area contributed by atoms with Gasteiger partial charge in [0.1, 0.15) is 0 Å². The van der Waals surface area contributed by atoms with Crippen molar-refractivity contribution < 1.29 is 0 Å². The standard InChI is InChI=1S/C16H31N3/c1-7-13(4)19-11-10-14(18-19)12-15(17-9-3)16(5,6)8-2/h10-11,13,15,17H,7-9,12H2,1-6H3. The van der Waals surface area contributed by atoms with Crippen LogP contribution in [0.1, 0.15) is 66.1 Å². The molecule has 19 heavy (non-hydrogen) atoms. The minimum atomic E-state index is 0.302. The lowest BCUT2D eigenvalue weighted by Gasteiger charge is -2.33. The first kappa shape index (κ1) is 16.2. The van der Waals surface area contributed by atoms with Crippen LogP contribution >= 0.6 is 0 Å². The van der Waals surface area contributed by atoms with Gasteiger partial charge in [-0.15, -0.1) is 0 Å². The Morgan fingerprint density at radius 1 is 1.32 bits per heavy atom. The molecule has 0 aliphatic carbocycles. The molecule has 110 valence electrons. The molecule has 3 nitrogen and oxygen atoms in total. The molecule has 0 saturated carbocycles. The van der Waals surface area contributed by atoms with Gasteiger partial charge < -0.3 is 5.32 Å². The number of likely N-dealkylation sites (N-methyl/N-ethyl adjacent to an activating group) is 1. The topological polar surface area (TPSA) is 29.9 Å². The number of hydrogen-bond acceptors (Lipinski definition) is 2. The van der Waals surface area contributed by atoms with Crippen molar-refractivity contribution in [3.8, 4) is 0 Å². The molecule has 1 aromatic rings. The molecule has 0 radical (unpaired) electrons. The van der Waals surface area contributed by atoms with E-state index in [2.05, 4.69) is 63.8 Å². The average Bonchev–Trinajstić information content (AvgIpc) is 2.86. The van der Waals surface area contributed by atoms with E-state index >= 15 is 0 Å². The highest BCUT2D eigenvalue weighted by atomic mass is 15.3. The van der Waals surface area contributed by atoms with Crippen LogP contribution in [0.15, 0.2) is 12.3 Å². The molecule has 1 aromatic heterocycles. The van der Waals surface area contributed by atoms with Crippen molar-refractivity contribution in [2.75, 3.05) is 6.54 Å². The summed E-state index contributed by atoms with van der Waals surface area (Å²) >= 11 is 0. The van der Waals surface area contributed by atoms with E-state index in [0.717, 1.165) is 19.4 Å². The van der Waals surface area contributed by atoms with Gasteiger partial charge >= 0.3 is 0 Å². The van der Waals surface area contributed by atoms with Crippen LogP contribution in [0.5, 0.6) is 0 Å². The highest BCUT2D eigenvalue weighted by molar-refractivity contribution is 5.04. The summed E-state index contributed by atoms with van der Waals surface area (Å²) in [4.78, 5) is 0. The van der Waals surface area contributed by atoms with Crippen LogP contribution in [0.4, 0.5) is 0 Å². The van der Waals surface area contributed by atoms with E-state index in [1.807, 2.05) is 0 Å². The van der Waals surface area contributed by atoms with Gasteiger partial charge in [-0.25, -0.2) is 0 Å². The van der Waals surface area contributed by atoms with E-state index in [0.29, 0.717) is 17.5 Å². The van der Waals surface area contributed by atoms with Crippen LogP contribution < -0.4 is 5.32 Å². The van der Waals surface area contributed by atoms with Crippen molar-refractivity contribution in [2.24, 2.45) is 5.41 Å².